The molecule has 0 unspecified atom stereocenters. The first kappa shape index (κ1) is 19.2. The fraction of sp³-hybridized carbons (Fsp3) is 0.211. The Morgan fingerprint density at radius 1 is 1.22 bits per heavy atom. The number of thiocarbonyl (C=S) groups is 1. The van der Waals surface area contributed by atoms with Gasteiger partial charge in [0, 0.05) is 5.69 Å². The van der Waals surface area contributed by atoms with Crippen molar-refractivity contribution in [3.63, 3.8) is 0 Å². The average molecular weight is 406 g/mol. The zero-order valence-electron chi connectivity index (χ0n) is 14.7. The van der Waals surface area contributed by atoms with Crippen LogP contribution in [-0.4, -0.2) is 16.6 Å². The van der Waals surface area contributed by atoms with Gasteiger partial charge in [-0.2, -0.15) is 0 Å². The first-order valence-corrected chi connectivity index (χ1v) is 8.70. The molecule has 2 aromatic rings. The first-order chi connectivity index (χ1) is 12.6. The number of nitrogens with zero attached hydrogens (tertiary/aromatic N) is 3. The smallest absolute Gasteiger partial charge is 0.259 e. The Balaban J connectivity index is 2.14. The van der Waals surface area contributed by atoms with Crippen molar-refractivity contribution in [2.24, 2.45) is 0 Å². The molecule has 8 heteroatoms. The molecule has 3 rings (SSSR count). The van der Waals surface area contributed by atoms with Crippen molar-refractivity contribution in [2.45, 2.75) is 26.3 Å². The fourth-order valence-electron chi connectivity index (χ4n) is 2.95. The van der Waals surface area contributed by atoms with Gasteiger partial charge in [0.2, 0.25) is 5.69 Å². The Hall–Kier alpha value is -2.56. The number of amides is 1. The van der Waals surface area contributed by atoms with E-state index < -0.39 is 23.1 Å². The lowest BCUT2D eigenvalue weighted by molar-refractivity contribution is -0.120. The van der Waals surface area contributed by atoms with Crippen LogP contribution >= 0.6 is 23.8 Å². The highest BCUT2D eigenvalue weighted by molar-refractivity contribution is 7.81. The lowest BCUT2D eigenvalue weighted by Gasteiger charge is -2.29. The van der Waals surface area contributed by atoms with Gasteiger partial charge in [0.1, 0.15) is 11.4 Å². The van der Waals surface area contributed by atoms with Crippen LogP contribution in [-0.2, 0) is 4.79 Å². The molecular formula is C19H14ClF2N3OS. The predicted octanol–water partition coefficient (Wildman–Crippen LogP) is 5.39. The monoisotopic (exact) mass is 405 g/mol. The van der Waals surface area contributed by atoms with Crippen molar-refractivity contribution in [3.8, 4) is 0 Å². The molecule has 0 saturated carbocycles. The predicted molar refractivity (Wildman–Crippen MR) is 105 cm³/mol. The van der Waals surface area contributed by atoms with E-state index in [0.29, 0.717) is 11.3 Å². The second kappa shape index (κ2) is 6.55. The SMILES string of the molecule is [C-]#[N+]c1ccc(N2C(=O)C(C)(C)N(c3ccc(C)c(F)c3)C2=S)c(F)c1Cl. The number of anilines is 2. The molecule has 0 bridgehead atoms. The minimum absolute atomic E-state index is 0.00113. The second-order valence-corrected chi connectivity index (χ2v) is 7.34. The largest absolute Gasteiger partial charge is 0.303 e. The summed E-state index contributed by atoms with van der Waals surface area (Å²) in [5.74, 6) is -1.83. The van der Waals surface area contributed by atoms with Gasteiger partial charge >= 0.3 is 0 Å². The number of hydrogen-bond acceptors (Lipinski definition) is 2. The van der Waals surface area contributed by atoms with Crippen molar-refractivity contribution in [2.75, 3.05) is 9.80 Å². The molecule has 1 aliphatic rings. The van der Waals surface area contributed by atoms with Gasteiger partial charge in [-0.3, -0.25) is 9.69 Å². The number of halogens is 3. The Labute approximate surface area is 165 Å². The molecule has 138 valence electrons. The third-order valence-corrected chi connectivity index (χ3v) is 5.21. The topological polar surface area (TPSA) is 27.9 Å². The van der Waals surface area contributed by atoms with Crippen molar-refractivity contribution in [1.82, 2.24) is 0 Å². The Morgan fingerprint density at radius 2 is 1.89 bits per heavy atom. The highest BCUT2D eigenvalue weighted by atomic mass is 35.5. The molecule has 0 atom stereocenters. The van der Waals surface area contributed by atoms with Crippen molar-refractivity contribution in [1.29, 1.82) is 0 Å². The second-order valence-electron chi connectivity index (χ2n) is 6.59. The van der Waals surface area contributed by atoms with Crippen molar-refractivity contribution < 1.29 is 13.6 Å². The van der Waals surface area contributed by atoms with E-state index in [1.165, 1.54) is 23.1 Å². The molecule has 1 fully saturated rings. The van der Waals surface area contributed by atoms with E-state index in [1.807, 2.05) is 0 Å². The number of rotatable bonds is 2. The van der Waals surface area contributed by atoms with Gasteiger partial charge in [-0.25, -0.2) is 13.6 Å². The van der Waals surface area contributed by atoms with Crippen LogP contribution in [0.15, 0.2) is 30.3 Å². The summed E-state index contributed by atoms with van der Waals surface area (Å²) in [5, 5.41) is -0.380. The van der Waals surface area contributed by atoms with E-state index >= 15 is 0 Å². The Morgan fingerprint density at radius 3 is 2.48 bits per heavy atom. The van der Waals surface area contributed by atoms with E-state index in [0.717, 1.165) is 4.90 Å². The standard InChI is InChI=1S/C19H14ClF2N3OS/c1-10-5-6-11(9-12(10)21)25-18(27)24(17(26)19(25,2)3)14-8-7-13(23-4)15(20)16(14)22/h5-9H,1-3H3. The van der Waals surface area contributed by atoms with Gasteiger partial charge in [0.05, 0.1) is 17.3 Å². The summed E-state index contributed by atoms with van der Waals surface area (Å²) in [6.45, 7) is 11.9. The number of carbonyl (C=O) groups is 1. The van der Waals surface area contributed by atoms with Gasteiger partial charge < -0.3 is 4.90 Å². The van der Waals surface area contributed by atoms with Crippen LogP contribution in [0.3, 0.4) is 0 Å². The van der Waals surface area contributed by atoms with Crippen LogP contribution in [0.1, 0.15) is 19.4 Å². The zero-order valence-corrected chi connectivity index (χ0v) is 16.3. The third-order valence-electron chi connectivity index (χ3n) is 4.48. The van der Waals surface area contributed by atoms with Gasteiger partial charge in [0.25, 0.3) is 5.91 Å². The summed E-state index contributed by atoms with van der Waals surface area (Å²) >= 11 is 11.3. The van der Waals surface area contributed by atoms with Gasteiger partial charge in [-0.05, 0) is 56.8 Å². The van der Waals surface area contributed by atoms with E-state index in [2.05, 4.69) is 4.85 Å². The number of carbonyl (C=O) groups excluding carboxylic acids is 1. The molecule has 1 heterocycles. The number of aryl methyl sites for hydroxylation is 1. The highest BCUT2D eigenvalue weighted by Crippen LogP contribution is 2.40. The van der Waals surface area contributed by atoms with E-state index in [1.54, 1.807) is 32.9 Å². The maximum absolute atomic E-state index is 14.7. The van der Waals surface area contributed by atoms with Crippen LogP contribution in [0.2, 0.25) is 5.02 Å². The maximum Gasteiger partial charge on any atom is 0.259 e. The van der Waals surface area contributed by atoms with E-state index in [4.69, 9.17) is 30.4 Å². The van der Waals surface area contributed by atoms with E-state index in [-0.39, 0.29) is 21.5 Å². The molecule has 1 saturated heterocycles. The summed E-state index contributed by atoms with van der Waals surface area (Å²) in [6, 6.07) is 7.12. The quantitative estimate of drug-likeness (QED) is 0.495. The molecule has 0 spiro atoms. The van der Waals surface area contributed by atoms with Gasteiger partial charge in [-0.1, -0.05) is 23.7 Å². The van der Waals surface area contributed by atoms with Crippen LogP contribution in [0.5, 0.6) is 0 Å². The lowest BCUT2D eigenvalue weighted by Crippen LogP contribution is -2.44. The van der Waals surface area contributed by atoms with Gasteiger partial charge in [0.15, 0.2) is 10.9 Å². The minimum Gasteiger partial charge on any atom is -0.303 e. The molecular weight excluding hydrogens is 392 g/mol. The van der Waals surface area contributed by atoms with Crippen LogP contribution in [0.4, 0.5) is 25.8 Å². The number of benzene rings is 2. The lowest BCUT2D eigenvalue weighted by atomic mass is 10.0. The molecule has 0 aromatic heterocycles. The Bertz CT molecular complexity index is 1030. The summed E-state index contributed by atoms with van der Waals surface area (Å²) in [5.41, 5.74) is -0.542. The van der Waals surface area contributed by atoms with Crippen LogP contribution in [0, 0.1) is 25.1 Å². The molecule has 1 amide bonds. The fourth-order valence-corrected chi connectivity index (χ4v) is 3.67. The summed E-state index contributed by atoms with van der Waals surface area (Å²) in [7, 11) is 0. The summed E-state index contributed by atoms with van der Waals surface area (Å²) in [6.07, 6.45) is 0. The van der Waals surface area contributed by atoms with Gasteiger partial charge in [-0.15, -0.1) is 0 Å². The summed E-state index contributed by atoms with van der Waals surface area (Å²) < 4.78 is 28.8. The summed E-state index contributed by atoms with van der Waals surface area (Å²) in [4.78, 5) is 18.7. The van der Waals surface area contributed by atoms with E-state index in [9.17, 15) is 13.6 Å². The first-order valence-electron chi connectivity index (χ1n) is 7.91. The number of hydrogen-bond donors (Lipinski definition) is 0. The molecule has 1 aliphatic heterocycles. The highest BCUT2D eigenvalue weighted by Gasteiger charge is 2.51. The third kappa shape index (κ3) is 2.85. The van der Waals surface area contributed by atoms with Crippen molar-refractivity contribution in [3.05, 3.63) is 64.0 Å². The molecule has 0 aliphatic carbocycles. The minimum atomic E-state index is -1.17. The molecule has 0 radical (unpaired) electrons. The van der Waals surface area contributed by atoms with Crippen LogP contribution < -0.4 is 9.80 Å². The van der Waals surface area contributed by atoms with Crippen molar-refractivity contribution >= 4 is 51.9 Å². The average Bonchev–Trinajstić information content (AvgIpc) is 2.78. The molecule has 2 aromatic carbocycles. The normalized spacial score (nSPS) is 16.0. The maximum atomic E-state index is 14.7. The van der Waals surface area contributed by atoms with Crippen LogP contribution in [0.25, 0.3) is 4.85 Å². The molecule has 27 heavy (non-hydrogen) atoms. The molecule has 0 N–H and O–H groups in total. The zero-order chi connectivity index (χ0) is 20.1. The Kier molecular flexibility index (Phi) is 4.66. The molecule has 4 nitrogen and oxygen atoms in total.